The SMILES string of the molecule is COC1CC(NC(=O)c2cc(S(N)(=O)=O)cc(F)c2F)C1. The first-order valence-electron chi connectivity index (χ1n) is 6.08. The lowest BCUT2D eigenvalue weighted by Crippen LogP contribution is -2.47. The fraction of sp³-hybridized carbons (Fsp3) is 0.417. The summed E-state index contributed by atoms with van der Waals surface area (Å²) < 4.78 is 54.4. The third-order valence-corrected chi connectivity index (χ3v) is 4.23. The number of nitrogens with two attached hydrogens (primary N) is 1. The molecule has 1 aliphatic rings. The first kappa shape index (κ1) is 15.8. The monoisotopic (exact) mass is 320 g/mol. The number of hydrogen-bond acceptors (Lipinski definition) is 4. The third kappa shape index (κ3) is 3.36. The first-order valence-corrected chi connectivity index (χ1v) is 7.62. The quantitative estimate of drug-likeness (QED) is 0.845. The summed E-state index contributed by atoms with van der Waals surface area (Å²) in [6.45, 7) is 0. The molecule has 1 fully saturated rings. The molecular formula is C12H14F2N2O4S. The Hall–Kier alpha value is -1.58. The van der Waals surface area contributed by atoms with Gasteiger partial charge in [0.05, 0.1) is 16.6 Å². The third-order valence-electron chi connectivity index (χ3n) is 3.34. The van der Waals surface area contributed by atoms with Crippen molar-refractivity contribution in [1.29, 1.82) is 0 Å². The molecule has 1 amide bonds. The van der Waals surface area contributed by atoms with Gasteiger partial charge in [0.2, 0.25) is 10.0 Å². The molecule has 1 aromatic rings. The van der Waals surface area contributed by atoms with E-state index < -0.39 is 38.0 Å². The minimum atomic E-state index is -4.24. The van der Waals surface area contributed by atoms with Crippen molar-refractivity contribution in [3.05, 3.63) is 29.3 Å². The molecule has 0 aromatic heterocycles. The molecule has 0 unspecified atom stereocenters. The largest absolute Gasteiger partial charge is 0.381 e. The van der Waals surface area contributed by atoms with Crippen molar-refractivity contribution in [3.63, 3.8) is 0 Å². The molecule has 9 heteroatoms. The average molecular weight is 320 g/mol. The number of sulfonamides is 1. The molecule has 1 aromatic carbocycles. The molecule has 0 heterocycles. The molecule has 0 atom stereocenters. The number of benzene rings is 1. The van der Waals surface area contributed by atoms with Crippen LogP contribution in [0.4, 0.5) is 8.78 Å². The Labute approximate surface area is 120 Å². The van der Waals surface area contributed by atoms with E-state index in [0.29, 0.717) is 18.9 Å². The van der Waals surface area contributed by atoms with Gasteiger partial charge < -0.3 is 10.1 Å². The summed E-state index contributed by atoms with van der Waals surface area (Å²) in [7, 11) is -2.70. The molecule has 21 heavy (non-hydrogen) atoms. The lowest BCUT2D eigenvalue weighted by molar-refractivity contribution is 0.0175. The lowest BCUT2D eigenvalue weighted by atomic mass is 9.89. The van der Waals surface area contributed by atoms with Crippen LogP contribution < -0.4 is 10.5 Å². The van der Waals surface area contributed by atoms with E-state index in [-0.39, 0.29) is 12.1 Å². The smallest absolute Gasteiger partial charge is 0.254 e. The molecule has 1 saturated carbocycles. The Morgan fingerprint density at radius 2 is 2.00 bits per heavy atom. The maximum Gasteiger partial charge on any atom is 0.254 e. The fourth-order valence-electron chi connectivity index (χ4n) is 2.03. The summed E-state index contributed by atoms with van der Waals surface area (Å²) in [5.41, 5.74) is -0.695. The normalized spacial score (nSPS) is 21.7. The molecule has 0 saturated heterocycles. The van der Waals surface area contributed by atoms with Crippen molar-refractivity contribution < 1.29 is 26.7 Å². The van der Waals surface area contributed by atoms with Crippen molar-refractivity contribution in [2.45, 2.75) is 29.9 Å². The number of primary sulfonamides is 1. The molecule has 3 N–H and O–H groups in total. The molecule has 1 aliphatic carbocycles. The summed E-state index contributed by atoms with van der Waals surface area (Å²) in [5.74, 6) is -3.76. The van der Waals surface area contributed by atoms with Crippen LogP contribution in [0.2, 0.25) is 0 Å². The zero-order chi connectivity index (χ0) is 15.8. The number of methoxy groups -OCH3 is 1. The Balaban J connectivity index is 2.22. The van der Waals surface area contributed by atoms with Crippen LogP contribution in [0.15, 0.2) is 17.0 Å². The Kier molecular flexibility index (Phi) is 4.26. The van der Waals surface area contributed by atoms with E-state index >= 15 is 0 Å². The minimum Gasteiger partial charge on any atom is -0.381 e. The summed E-state index contributed by atoms with van der Waals surface area (Å²) in [5, 5.41) is 7.34. The van der Waals surface area contributed by atoms with Crippen molar-refractivity contribution in [2.75, 3.05) is 7.11 Å². The predicted octanol–water partition coefficient (Wildman–Crippen LogP) is 0.519. The van der Waals surface area contributed by atoms with Gasteiger partial charge in [0.25, 0.3) is 5.91 Å². The van der Waals surface area contributed by atoms with Gasteiger partial charge in [-0.05, 0) is 25.0 Å². The van der Waals surface area contributed by atoms with Crippen molar-refractivity contribution in [1.82, 2.24) is 5.32 Å². The summed E-state index contributed by atoms with van der Waals surface area (Å²) in [6.07, 6.45) is 1.13. The van der Waals surface area contributed by atoms with Gasteiger partial charge in [-0.15, -0.1) is 0 Å². The molecule has 116 valence electrons. The summed E-state index contributed by atoms with van der Waals surface area (Å²) in [4.78, 5) is 11.2. The fourth-order valence-corrected chi connectivity index (χ4v) is 2.58. The van der Waals surface area contributed by atoms with E-state index in [0.717, 1.165) is 6.07 Å². The maximum atomic E-state index is 13.6. The van der Waals surface area contributed by atoms with Gasteiger partial charge in [-0.2, -0.15) is 0 Å². The molecule has 0 bridgehead atoms. The van der Waals surface area contributed by atoms with Crippen molar-refractivity contribution >= 4 is 15.9 Å². The molecule has 0 spiro atoms. The highest BCUT2D eigenvalue weighted by atomic mass is 32.2. The number of hydrogen-bond donors (Lipinski definition) is 2. The van der Waals surface area contributed by atoms with E-state index in [1.54, 1.807) is 0 Å². The molecule has 6 nitrogen and oxygen atoms in total. The predicted molar refractivity (Wildman–Crippen MR) is 69.0 cm³/mol. The van der Waals surface area contributed by atoms with Gasteiger partial charge in [-0.1, -0.05) is 0 Å². The maximum absolute atomic E-state index is 13.6. The Morgan fingerprint density at radius 3 is 2.52 bits per heavy atom. The Bertz CT molecular complexity index is 672. The van der Waals surface area contributed by atoms with Gasteiger partial charge >= 0.3 is 0 Å². The summed E-state index contributed by atoms with van der Waals surface area (Å²) in [6, 6.07) is 0.935. The van der Waals surface area contributed by atoms with Crippen molar-refractivity contribution in [2.24, 2.45) is 5.14 Å². The van der Waals surface area contributed by atoms with Gasteiger partial charge in [-0.3, -0.25) is 4.79 Å². The van der Waals surface area contributed by atoms with Crippen LogP contribution in [-0.4, -0.2) is 33.6 Å². The molecule has 0 radical (unpaired) electrons. The molecular weight excluding hydrogens is 306 g/mol. The van der Waals surface area contributed by atoms with E-state index in [1.165, 1.54) is 7.11 Å². The van der Waals surface area contributed by atoms with Crippen LogP contribution in [0.1, 0.15) is 23.2 Å². The zero-order valence-corrected chi connectivity index (χ0v) is 11.9. The number of ether oxygens (including phenoxy) is 1. The number of carbonyl (C=O) groups excluding carboxylic acids is 1. The second kappa shape index (κ2) is 5.66. The molecule has 0 aliphatic heterocycles. The summed E-state index contributed by atoms with van der Waals surface area (Å²) >= 11 is 0. The number of rotatable bonds is 4. The van der Waals surface area contributed by atoms with Gasteiger partial charge in [0, 0.05) is 13.2 Å². The van der Waals surface area contributed by atoms with Crippen LogP contribution in [0.3, 0.4) is 0 Å². The zero-order valence-electron chi connectivity index (χ0n) is 11.1. The van der Waals surface area contributed by atoms with Crippen LogP contribution in [0, 0.1) is 11.6 Å². The van der Waals surface area contributed by atoms with Crippen LogP contribution >= 0.6 is 0 Å². The van der Waals surface area contributed by atoms with Crippen LogP contribution in [0.5, 0.6) is 0 Å². The number of nitrogens with one attached hydrogen (secondary N) is 1. The van der Waals surface area contributed by atoms with Gasteiger partial charge in [0.15, 0.2) is 11.6 Å². The second-order valence-electron chi connectivity index (χ2n) is 4.81. The highest BCUT2D eigenvalue weighted by Gasteiger charge is 2.31. The van der Waals surface area contributed by atoms with Crippen LogP contribution in [0.25, 0.3) is 0 Å². The highest BCUT2D eigenvalue weighted by molar-refractivity contribution is 7.89. The molecule has 2 rings (SSSR count). The van der Waals surface area contributed by atoms with Gasteiger partial charge in [0.1, 0.15) is 0 Å². The Morgan fingerprint density at radius 1 is 1.38 bits per heavy atom. The van der Waals surface area contributed by atoms with E-state index in [1.807, 2.05) is 0 Å². The highest BCUT2D eigenvalue weighted by Crippen LogP contribution is 2.24. The number of carbonyl (C=O) groups is 1. The number of halogens is 2. The van der Waals surface area contributed by atoms with E-state index in [2.05, 4.69) is 5.32 Å². The van der Waals surface area contributed by atoms with Crippen LogP contribution in [-0.2, 0) is 14.8 Å². The van der Waals surface area contributed by atoms with E-state index in [4.69, 9.17) is 9.88 Å². The lowest BCUT2D eigenvalue weighted by Gasteiger charge is -2.34. The number of amides is 1. The van der Waals surface area contributed by atoms with Crippen molar-refractivity contribution in [3.8, 4) is 0 Å². The minimum absolute atomic E-state index is 0.0210. The standard InChI is InChI=1S/C12H14F2N2O4S/c1-20-7-2-6(3-7)16-12(17)9-4-8(21(15,18)19)5-10(13)11(9)14/h4-7H,2-3H2,1H3,(H,16,17)(H2,15,18,19). The van der Waals surface area contributed by atoms with Gasteiger partial charge in [-0.25, -0.2) is 22.3 Å². The average Bonchev–Trinajstić information content (AvgIpc) is 2.34. The van der Waals surface area contributed by atoms with E-state index in [9.17, 15) is 22.0 Å². The second-order valence-corrected chi connectivity index (χ2v) is 6.37. The first-order chi connectivity index (χ1) is 9.72. The topological polar surface area (TPSA) is 98.5 Å².